The molecule has 0 radical (unpaired) electrons. The fraction of sp³-hybridized carbons (Fsp3) is 0.583. The average molecular weight is 224 g/mol. The zero-order valence-electron chi connectivity index (χ0n) is 10.2. The number of aromatic nitrogens is 1. The summed E-state index contributed by atoms with van der Waals surface area (Å²) >= 11 is 0. The van der Waals surface area contributed by atoms with Crippen LogP contribution in [0.25, 0.3) is 0 Å². The van der Waals surface area contributed by atoms with Crippen LogP contribution < -0.4 is 10.5 Å². The van der Waals surface area contributed by atoms with Crippen LogP contribution in [0.2, 0.25) is 0 Å². The molecule has 0 fully saturated rings. The van der Waals surface area contributed by atoms with Crippen LogP contribution >= 0.6 is 0 Å². The molecule has 4 nitrogen and oxygen atoms in total. The lowest BCUT2D eigenvalue weighted by Gasteiger charge is -2.22. The molecule has 0 unspecified atom stereocenters. The molecule has 4 heteroatoms. The molecular formula is C12H20N2O2. The van der Waals surface area contributed by atoms with E-state index in [1.807, 2.05) is 26.0 Å². The van der Waals surface area contributed by atoms with Gasteiger partial charge in [0.05, 0.1) is 17.9 Å². The monoisotopic (exact) mass is 224 g/mol. The Balaban J connectivity index is 2.49. The van der Waals surface area contributed by atoms with Gasteiger partial charge in [0.1, 0.15) is 5.75 Å². The molecule has 16 heavy (non-hydrogen) atoms. The molecular weight excluding hydrogens is 204 g/mol. The van der Waals surface area contributed by atoms with Gasteiger partial charge in [0.15, 0.2) is 0 Å². The first-order valence-corrected chi connectivity index (χ1v) is 5.41. The summed E-state index contributed by atoms with van der Waals surface area (Å²) in [6.45, 7) is 5.05. The van der Waals surface area contributed by atoms with Crippen molar-refractivity contribution >= 4 is 0 Å². The van der Waals surface area contributed by atoms with Gasteiger partial charge in [0.2, 0.25) is 0 Å². The van der Waals surface area contributed by atoms with Gasteiger partial charge in [-0.3, -0.25) is 4.98 Å². The molecule has 0 aliphatic rings. The summed E-state index contributed by atoms with van der Waals surface area (Å²) in [4.78, 5) is 4.15. The van der Waals surface area contributed by atoms with E-state index in [0.29, 0.717) is 13.2 Å². The zero-order valence-corrected chi connectivity index (χ0v) is 10.2. The molecule has 0 spiro atoms. The fourth-order valence-electron chi connectivity index (χ4n) is 1.22. The Labute approximate surface area is 96.8 Å². The molecule has 2 N–H and O–H groups in total. The summed E-state index contributed by atoms with van der Waals surface area (Å²) in [6, 6.07) is 3.73. The van der Waals surface area contributed by atoms with E-state index in [9.17, 15) is 0 Å². The molecule has 0 saturated carbocycles. The van der Waals surface area contributed by atoms with E-state index >= 15 is 0 Å². The highest BCUT2D eigenvalue weighted by atomic mass is 16.5. The molecule has 0 bridgehead atoms. The van der Waals surface area contributed by atoms with Crippen LogP contribution in [0.3, 0.4) is 0 Å². The number of nitrogens with zero attached hydrogens (tertiary/aromatic N) is 1. The number of rotatable bonds is 6. The second-order valence-electron chi connectivity index (χ2n) is 4.21. The van der Waals surface area contributed by atoms with Crippen molar-refractivity contribution in [3.8, 4) is 5.75 Å². The predicted octanol–water partition coefficient (Wildman–Crippen LogP) is 1.73. The smallest absolute Gasteiger partial charge is 0.142 e. The van der Waals surface area contributed by atoms with Gasteiger partial charge in [-0.1, -0.05) is 0 Å². The summed E-state index contributed by atoms with van der Waals surface area (Å²) in [7, 11) is 1.70. The molecule has 90 valence electrons. The van der Waals surface area contributed by atoms with Gasteiger partial charge in [-0.15, -0.1) is 0 Å². The van der Waals surface area contributed by atoms with Gasteiger partial charge in [-0.25, -0.2) is 0 Å². The Morgan fingerprint density at radius 2 is 2.19 bits per heavy atom. The highest BCUT2D eigenvalue weighted by Gasteiger charge is 2.16. The van der Waals surface area contributed by atoms with Crippen LogP contribution in [-0.4, -0.2) is 24.3 Å². The minimum Gasteiger partial charge on any atom is -0.492 e. The average Bonchev–Trinajstić information content (AvgIpc) is 2.29. The third-order valence-corrected chi connectivity index (χ3v) is 2.56. The van der Waals surface area contributed by atoms with Crippen LogP contribution in [0.1, 0.15) is 26.0 Å². The van der Waals surface area contributed by atoms with E-state index in [1.54, 1.807) is 13.3 Å². The lowest BCUT2D eigenvalue weighted by atomic mass is 10.1. The lowest BCUT2D eigenvalue weighted by Crippen LogP contribution is -2.25. The van der Waals surface area contributed by atoms with Gasteiger partial charge < -0.3 is 15.2 Å². The molecule has 1 rings (SSSR count). The number of pyridine rings is 1. The van der Waals surface area contributed by atoms with Crippen LogP contribution in [0.5, 0.6) is 5.75 Å². The van der Waals surface area contributed by atoms with E-state index in [1.165, 1.54) is 0 Å². The third kappa shape index (κ3) is 3.79. The maximum atomic E-state index is 5.64. The van der Waals surface area contributed by atoms with Crippen molar-refractivity contribution in [2.75, 3.05) is 13.7 Å². The van der Waals surface area contributed by atoms with Gasteiger partial charge in [0.25, 0.3) is 0 Å². The molecule has 0 saturated heterocycles. The maximum absolute atomic E-state index is 5.64. The number of hydrogen-bond donors (Lipinski definition) is 1. The number of nitrogens with two attached hydrogens (primary N) is 1. The van der Waals surface area contributed by atoms with Crippen LogP contribution in [0.4, 0.5) is 0 Å². The Morgan fingerprint density at radius 3 is 2.81 bits per heavy atom. The van der Waals surface area contributed by atoms with Crippen molar-refractivity contribution in [3.63, 3.8) is 0 Å². The normalized spacial score (nSPS) is 11.5. The highest BCUT2D eigenvalue weighted by Crippen LogP contribution is 2.17. The Hall–Kier alpha value is -1.13. The van der Waals surface area contributed by atoms with E-state index in [0.717, 1.165) is 17.9 Å². The summed E-state index contributed by atoms with van der Waals surface area (Å²) in [5.74, 6) is 0.761. The van der Waals surface area contributed by atoms with Crippen molar-refractivity contribution in [3.05, 3.63) is 24.0 Å². The van der Waals surface area contributed by atoms with Crippen molar-refractivity contribution in [1.29, 1.82) is 0 Å². The van der Waals surface area contributed by atoms with Crippen molar-refractivity contribution in [2.24, 2.45) is 5.73 Å². The fourth-order valence-corrected chi connectivity index (χ4v) is 1.22. The van der Waals surface area contributed by atoms with Crippen molar-refractivity contribution in [1.82, 2.24) is 4.98 Å². The maximum Gasteiger partial charge on any atom is 0.142 e. The van der Waals surface area contributed by atoms with Crippen LogP contribution in [-0.2, 0) is 11.3 Å². The lowest BCUT2D eigenvalue weighted by molar-refractivity contribution is 0.00534. The summed E-state index contributed by atoms with van der Waals surface area (Å²) in [5, 5.41) is 0. The number of methoxy groups -OCH3 is 1. The number of ether oxygens (including phenoxy) is 2. The number of hydrogen-bond acceptors (Lipinski definition) is 4. The van der Waals surface area contributed by atoms with Gasteiger partial charge in [0, 0.05) is 26.3 Å². The first-order valence-electron chi connectivity index (χ1n) is 5.41. The summed E-state index contributed by atoms with van der Waals surface area (Å²) in [5.41, 5.74) is 6.20. The Kier molecular flexibility index (Phi) is 4.71. The van der Waals surface area contributed by atoms with Crippen LogP contribution in [0.15, 0.2) is 18.3 Å². The molecule has 1 heterocycles. The molecule has 0 aliphatic heterocycles. The predicted molar refractivity (Wildman–Crippen MR) is 63.3 cm³/mol. The SMILES string of the molecule is COC(C)(C)CCOc1cccnc1CN. The van der Waals surface area contributed by atoms with Gasteiger partial charge >= 0.3 is 0 Å². The van der Waals surface area contributed by atoms with E-state index in [-0.39, 0.29) is 5.60 Å². The summed E-state index contributed by atoms with van der Waals surface area (Å²) < 4.78 is 11.0. The van der Waals surface area contributed by atoms with E-state index < -0.39 is 0 Å². The molecule has 0 amide bonds. The highest BCUT2D eigenvalue weighted by molar-refractivity contribution is 5.26. The van der Waals surface area contributed by atoms with Crippen molar-refractivity contribution < 1.29 is 9.47 Å². The second-order valence-corrected chi connectivity index (χ2v) is 4.21. The molecule has 1 aromatic heterocycles. The van der Waals surface area contributed by atoms with Gasteiger partial charge in [-0.2, -0.15) is 0 Å². The minimum absolute atomic E-state index is 0.162. The zero-order chi connectivity index (χ0) is 12.0. The quantitative estimate of drug-likeness (QED) is 0.799. The Bertz CT molecular complexity index is 327. The van der Waals surface area contributed by atoms with Gasteiger partial charge in [-0.05, 0) is 26.0 Å². The van der Waals surface area contributed by atoms with Crippen molar-refractivity contribution in [2.45, 2.75) is 32.4 Å². The molecule has 1 aromatic rings. The molecule has 0 atom stereocenters. The van der Waals surface area contributed by atoms with E-state index in [2.05, 4.69) is 4.98 Å². The first kappa shape index (κ1) is 12.9. The van der Waals surface area contributed by atoms with E-state index in [4.69, 9.17) is 15.2 Å². The topological polar surface area (TPSA) is 57.4 Å². The largest absolute Gasteiger partial charge is 0.492 e. The summed E-state index contributed by atoms with van der Waals surface area (Å²) in [6.07, 6.45) is 2.54. The minimum atomic E-state index is -0.162. The molecule has 0 aromatic carbocycles. The Morgan fingerprint density at radius 1 is 1.44 bits per heavy atom. The second kappa shape index (κ2) is 5.82. The third-order valence-electron chi connectivity index (χ3n) is 2.56. The first-order chi connectivity index (χ1) is 7.59. The van der Waals surface area contributed by atoms with Crippen LogP contribution in [0, 0.1) is 0 Å². The molecule has 0 aliphatic carbocycles. The standard InChI is InChI=1S/C12H20N2O2/c1-12(2,15-3)6-8-16-11-5-4-7-14-10(11)9-13/h4-5,7H,6,8-9,13H2,1-3H3.